The van der Waals surface area contributed by atoms with E-state index in [0.717, 1.165) is 63.9 Å². The fraction of sp³-hybridized carbons (Fsp3) is 0.124. The Balaban J connectivity index is 0.866. The third-order valence-electron chi connectivity index (χ3n) is 19.2. The van der Waals surface area contributed by atoms with Gasteiger partial charge in [0.2, 0.25) is 0 Å². The Labute approximate surface area is 543 Å². The molecule has 0 amide bonds. The highest BCUT2D eigenvalue weighted by Crippen LogP contribution is 2.58. The molecule has 0 saturated carbocycles. The van der Waals surface area contributed by atoms with Gasteiger partial charge in [0.15, 0.2) is 0 Å². The van der Waals surface area contributed by atoms with E-state index in [-0.39, 0.29) is 0 Å². The minimum atomic E-state index is -0.701. The van der Waals surface area contributed by atoms with Crippen LogP contribution < -0.4 is 15.1 Å². The van der Waals surface area contributed by atoms with Crippen LogP contribution in [0.3, 0.4) is 0 Å². The summed E-state index contributed by atoms with van der Waals surface area (Å²) in [6.07, 6.45) is 11.1. The zero-order chi connectivity index (χ0) is 61.6. The lowest BCUT2D eigenvalue weighted by Crippen LogP contribution is -2.29. The highest BCUT2D eigenvalue weighted by molar-refractivity contribution is 5.92. The van der Waals surface area contributed by atoms with Crippen LogP contribution in [0.1, 0.15) is 84.4 Å². The van der Waals surface area contributed by atoms with E-state index in [0.29, 0.717) is 0 Å². The van der Waals surface area contributed by atoms with Crippen molar-refractivity contribution >= 4 is 45.5 Å². The highest BCUT2D eigenvalue weighted by Gasteiger charge is 2.47. The van der Waals surface area contributed by atoms with E-state index < -0.39 is 5.41 Å². The summed E-state index contributed by atoms with van der Waals surface area (Å²) in [5.74, 6) is 0. The van der Waals surface area contributed by atoms with Gasteiger partial charge >= 0.3 is 0 Å². The van der Waals surface area contributed by atoms with Gasteiger partial charge in [-0.3, -0.25) is 0 Å². The summed E-state index contributed by atoms with van der Waals surface area (Å²) in [5.41, 5.74) is 29.6. The van der Waals surface area contributed by atoms with Crippen molar-refractivity contribution in [3.63, 3.8) is 0 Å². The monoisotopic (exact) mass is 1190 g/mol. The summed E-state index contributed by atoms with van der Waals surface area (Å²) in [5, 5.41) is 3.57. The van der Waals surface area contributed by atoms with Crippen molar-refractivity contribution in [1.82, 2.24) is 0 Å². The van der Waals surface area contributed by atoms with E-state index in [1.54, 1.807) is 0 Å². The molecule has 92 heavy (non-hydrogen) atoms. The molecule has 0 fully saturated rings. The van der Waals surface area contributed by atoms with E-state index in [1.807, 2.05) is 6.07 Å². The van der Waals surface area contributed by atoms with E-state index in [4.69, 9.17) is 0 Å². The molecule has 0 heterocycles. The van der Waals surface area contributed by atoms with Gasteiger partial charge in [-0.05, 0) is 242 Å². The van der Waals surface area contributed by atoms with Gasteiger partial charge in [0, 0.05) is 45.5 Å². The summed E-state index contributed by atoms with van der Waals surface area (Å²) in [4.78, 5) is 4.68. The SMILES string of the molecule is CCCCCCCCc1ccc(C2(c3cccc(-c4cccc(-c5ccc6c(c5)CC6)c4)c3)c3cc(-c4ccc(N(c5ccccc5)c5ccccc5)cc4)ccc3-c3ccc(-c4ccc(N(c5ccccc5)c5ccc(Nc6ccccc6)cc5)cc4)cc32)cc1. The Bertz CT molecular complexity index is 4620. The molecule has 0 aromatic heterocycles. The van der Waals surface area contributed by atoms with Gasteiger partial charge in [0.1, 0.15) is 0 Å². The summed E-state index contributed by atoms with van der Waals surface area (Å²) in [7, 11) is 0. The lowest BCUT2D eigenvalue weighted by Gasteiger charge is -2.35. The zero-order valence-corrected chi connectivity index (χ0v) is 52.4. The molecule has 0 radical (unpaired) electrons. The lowest BCUT2D eigenvalue weighted by molar-refractivity contribution is 0.607. The number of benzene rings is 13. The Hall–Kier alpha value is -10.7. The minimum absolute atomic E-state index is 0.701. The molecule has 3 nitrogen and oxygen atoms in total. The Morgan fingerprint density at radius 2 is 0.707 bits per heavy atom. The fourth-order valence-electron chi connectivity index (χ4n) is 14.3. The molecule has 0 saturated heterocycles. The highest BCUT2D eigenvalue weighted by atomic mass is 15.1. The van der Waals surface area contributed by atoms with Crippen LogP contribution in [0, 0.1) is 0 Å². The number of hydrogen-bond acceptors (Lipinski definition) is 3. The molecule has 2 aliphatic carbocycles. The number of aryl methyl sites for hydroxylation is 3. The number of nitrogens with one attached hydrogen (secondary N) is 1. The fourth-order valence-corrected chi connectivity index (χ4v) is 14.3. The average Bonchev–Trinajstić information content (AvgIpc) is 1.92. The molecule has 0 spiro atoms. The zero-order valence-electron chi connectivity index (χ0n) is 52.4. The number of para-hydroxylation sites is 4. The maximum Gasteiger partial charge on any atom is 0.0714 e. The van der Waals surface area contributed by atoms with Gasteiger partial charge in [-0.15, -0.1) is 0 Å². The van der Waals surface area contributed by atoms with Crippen molar-refractivity contribution in [3.05, 3.63) is 360 Å². The van der Waals surface area contributed by atoms with E-state index in [1.165, 1.54) is 134 Å². The van der Waals surface area contributed by atoms with Crippen molar-refractivity contribution in [1.29, 1.82) is 0 Å². The maximum atomic E-state index is 3.57. The van der Waals surface area contributed by atoms with Crippen LogP contribution in [0.2, 0.25) is 0 Å². The Morgan fingerprint density at radius 3 is 1.22 bits per heavy atom. The van der Waals surface area contributed by atoms with Crippen molar-refractivity contribution in [2.75, 3.05) is 15.1 Å². The van der Waals surface area contributed by atoms with Crippen LogP contribution in [0.5, 0.6) is 0 Å². The second kappa shape index (κ2) is 26.0. The average molecular weight is 1190 g/mol. The second-order valence-corrected chi connectivity index (χ2v) is 24.9. The van der Waals surface area contributed by atoms with E-state index in [9.17, 15) is 0 Å². The largest absolute Gasteiger partial charge is 0.356 e. The van der Waals surface area contributed by atoms with Crippen LogP contribution >= 0.6 is 0 Å². The molecule has 0 aliphatic heterocycles. The summed E-state index contributed by atoms with van der Waals surface area (Å²) >= 11 is 0. The molecule has 1 N–H and O–H groups in total. The van der Waals surface area contributed by atoms with Gasteiger partial charge < -0.3 is 15.1 Å². The topological polar surface area (TPSA) is 18.5 Å². The van der Waals surface area contributed by atoms with Crippen LogP contribution in [0.4, 0.5) is 45.5 Å². The third kappa shape index (κ3) is 11.5. The van der Waals surface area contributed by atoms with Gasteiger partial charge in [-0.25, -0.2) is 0 Å². The summed E-state index contributed by atoms with van der Waals surface area (Å²) in [6.45, 7) is 2.30. The van der Waals surface area contributed by atoms with E-state index >= 15 is 0 Å². The smallest absolute Gasteiger partial charge is 0.0714 e. The number of hydrogen-bond donors (Lipinski definition) is 1. The van der Waals surface area contributed by atoms with Crippen molar-refractivity contribution in [3.8, 4) is 55.6 Å². The first kappa shape index (κ1) is 57.7. The molecule has 13 aromatic rings. The van der Waals surface area contributed by atoms with Gasteiger partial charge in [0.25, 0.3) is 0 Å². The van der Waals surface area contributed by atoms with Crippen LogP contribution in [-0.2, 0) is 24.7 Å². The standard InChI is InChI=1S/C89H75N3/c1-2-3-4-5-6-11-22-64-35-47-75(48-36-64)89(76-26-21-25-70(61-76)68-23-20-24-69(59-68)72-40-38-65-37-39-71(65)60-72)87-62-73(66-41-51-82(52-42-66)91(79-29-14-8-15-30-79)80-31-16-9-17-32-80)45-57-85(87)86-58-46-74(63-88(86)89)67-43-53-83(54-44-67)92(81-33-18-10-19-34-81)84-55-49-78(50-56-84)90-77-27-12-7-13-28-77/h7-10,12-21,23-36,38,40-63,90H,2-6,11,22,37,39H2,1H3. The summed E-state index contributed by atoms with van der Waals surface area (Å²) in [6, 6.07) is 120. The minimum Gasteiger partial charge on any atom is -0.356 e. The van der Waals surface area contributed by atoms with Crippen molar-refractivity contribution < 1.29 is 0 Å². The molecule has 1 atom stereocenters. The van der Waals surface area contributed by atoms with Crippen LogP contribution in [0.15, 0.2) is 322 Å². The quantitative estimate of drug-likeness (QED) is 0.0724. The molecule has 446 valence electrons. The normalized spacial score (nSPS) is 13.5. The first-order valence-corrected chi connectivity index (χ1v) is 33.1. The number of fused-ring (bicyclic) bond motifs is 4. The maximum absolute atomic E-state index is 3.57. The molecule has 13 aromatic carbocycles. The third-order valence-corrected chi connectivity index (χ3v) is 19.2. The first-order valence-electron chi connectivity index (χ1n) is 33.1. The number of rotatable bonds is 21. The predicted molar refractivity (Wildman–Crippen MR) is 389 cm³/mol. The molecule has 2 aliphatic rings. The van der Waals surface area contributed by atoms with Gasteiger partial charge in [0.05, 0.1) is 5.41 Å². The predicted octanol–water partition coefficient (Wildman–Crippen LogP) is 24.4. The van der Waals surface area contributed by atoms with Gasteiger partial charge in [-0.2, -0.15) is 0 Å². The lowest BCUT2D eigenvalue weighted by atomic mass is 9.66. The van der Waals surface area contributed by atoms with Crippen LogP contribution in [-0.4, -0.2) is 0 Å². The first-order chi connectivity index (χ1) is 45.5. The molecule has 15 rings (SSSR count). The Kier molecular flexibility index (Phi) is 16.3. The van der Waals surface area contributed by atoms with Crippen LogP contribution in [0.25, 0.3) is 55.6 Å². The summed E-state index contributed by atoms with van der Waals surface area (Å²) < 4.78 is 0. The van der Waals surface area contributed by atoms with Crippen molar-refractivity contribution in [2.24, 2.45) is 0 Å². The van der Waals surface area contributed by atoms with Gasteiger partial charge in [-0.1, -0.05) is 239 Å². The molecular formula is C89H75N3. The number of unbranched alkanes of at least 4 members (excludes halogenated alkanes) is 5. The molecule has 1 unspecified atom stereocenters. The molecule has 3 heteroatoms. The van der Waals surface area contributed by atoms with E-state index in [2.05, 4.69) is 337 Å². The number of anilines is 8. The second-order valence-electron chi connectivity index (χ2n) is 24.9. The number of nitrogens with zero attached hydrogens (tertiary/aromatic N) is 2. The molecular weight excluding hydrogens is 1110 g/mol. The van der Waals surface area contributed by atoms with Crippen molar-refractivity contribution in [2.45, 2.75) is 70.1 Å². The Morgan fingerprint density at radius 1 is 0.293 bits per heavy atom. The molecule has 0 bridgehead atoms.